The van der Waals surface area contributed by atoms with Gasteiger partial charge in [-0.1, -0.05) is 30.3 Å². The maximum absolute atomic E-state index is 13.2. The molecule has 0 radical (unpaired) electrons. The van der Waals surface area contributed by atoms with Crippen LogP contribution in [-0.2, 0) is 24.3 Å². The van der Waals surface area contributed by atoms with Crippen molar-refractivity contribution in [2.24, 2.45) is 0 Å². The number of rotatable bonds is 6. The zero-order valence-corrected chi connectivity index (χ0v) is 21.3. The summed E-state index contributed by atoms with van der Waals surface area (Å²) in [5.74, 6) is 0.964. The van der Waals surface area contributed by atoms with Crippen molar-refractivity contribution in [2.45, 2.75) is 32.0 Å². The number of carbonyl (C=O) groups is 1. The Bertz CT molecular complexity index is 1840. The summed E-state index contributed by atoms with van der Waals surface area (Å²) in [5, 5.41) is 16.0. The number of pyridine rings is 1. The number of hydrogen-bond donors (Lipinski definition) is 3. The van der Waals surface area contributed by atoms with Crippen molar-refractivity contribution in [2.75, 3.05) is 11.1 Å². The molecule has 0 saturated heterocycles. The smallest absolute Gasteiger partial charge is 0.277 e. The van der Waals surface area contributed by atoms with Crippen molar-refractivity contribution < 1.29 is 9.21 Å². The molecule has 4 N–H and O–H groups in total. The molecular formula is C29H24N8O3. The van der Waals surface area contributed by atoms with Gasteiger partial charge in [-0.05, 0) is 42.7 Å². The van der Waals surface area contributed by atoms with Crippen LogP contribution in [0.4, 0.5) is 11.5 Å². The summed E-state index contributed by atoms with van der Waals surface area (Å²) in [6.45, 7) is 0.0509. The summed E-state index contributed by atoms with van der Waals surface area (Å²) in [6.07, 6.45) is 4.36. The standard InChI is InChI=1S/C29H24N8O3/c30-12-20-11-19-7-6-17(10-23(19)36-27(20)31)13-32-25(38)15-37-16-34-22-9-8-21(35-26(22)29(37)39)24-14-33-28(40-24)18-4-2-1-3-5-18/h1-7,10-11,14,16,21,35H,8-9,13,15H2,(H2,31,36)(H,32,38). The number of benzene rings is 2. The molecule has 1 aliphatic heterocycles. The van der Waals surface area contributed by atoms with E-state index in [-0.39, 0.29) is 36.4 Å². The predicted molar refractivity (Wildman–Crippen MR) is 148 cm³/mol. The molecule has 3 aromatic heterocycles. The summed E-state index contributed by atoms with van der Waals surface area (Å²) in [4.78, 5) is 39.0. The van der Waals surface area contributed by atoms with Gasteiger partial charge in [0, 0.05) is 17.5 Å². The van der Waals surface area contributed by atoms with Crippen molar-refractivity contribution in [3.8, 4) is 17.5 Å². The summed E-state index contributed by atoms with van der Waals surface area (Å²) < 4.78 is 7.27. The molecule has 2 aromatic carbocycles. The van der Waals surface area contributed by atoms with Gasteiger partial charge in [0.05, 0.1) is 35.3 Å². The number of nitriles is 1. The van der Waals surface area contributed by atoms with Crippen LogP contribution >= 0.6 is 0 Å². The van der Waals surface area contributed by atoms with Crippen molar-refractivity contribution in [1.82, 2.24) is 24.8 Å². The first kappa shape index (κ1) is 24.8. The number of anilines is 2. The first-order chi connectivity index (χ1) is 19.5. The normalized spacial score (nSPS) is 14.2. The van der Waals surface area contributed by atoms with Gasteiger partial charge in [-0.3, -0.25) is 14.2 Å². The number of nitrogens with two attached hydrogens (primary N) is 1. The number of fused-ring (bicyclic) bond motifs is 2. The van der Waals surface area contributed by atoms with Gasteiger partial charge >= 0.3 is 0 Å². The maximum Gasteiger partial charge on any atom is 0.277 e. The molecular weight excluding hydrogens is 508 g/mol. The highest BCUT2D eigenvalue weighted by atomic mass is 16.4. The van der Waals surface area contributed by atoms with Crippen LogP contribution in [0.3, 0.4) is 0 Å². The molecule has 0 aliphatic carbocycles. The SMILES string of the molecule is N#Cc1cc2ccc(CNC(=O)Cn3cnc4c(c3=O)NC(c3cnc(-c5ccccc5)o3)CC4)cc2nc1N. The number of amides is 1. The van der Waals surface area contributed by atoms with Crippen LogP contribution in [0.5, 0.6) is 0 Å². The molecule has 11 heteroatoms. The van der Waals surface area contributed by atoms with Crippen LogP contribution in [0.15, 0.2) is 76.3 Å². The molecule has 1 aliphatic rings. The Balaban J connectivity index is 1.13. The van der Waals surface area contributed by atoms with Crippen LogP contribution in [0, 0.1) is 11.3 Å². The Morgan fingerprint density at radius 2 is 2.05 bits per heavy atom. The second-order valence-electron chi connectivity index (χ2n) is 9.51. The highest BCUT2D eigenvalue weighted by Gasteiger charge is 2.26. The first-order valence-electron chi connectivity index (χ1n) is 12.7. The van der Waals surface area contributed by atoms with Crippen LogP contribution in [-0.4, -0.2) is 25.4 Å². The maximum atomic E-state index is 13.2. The number of nitrogen functional groups attached to an aromatic ring is 1. The fourth-order valence-corrected chi connectivity index (χ4v) is 4.71. The van der Waals surface area contributed by atoms with Gasteiger partial charge in [-0.2, -0.15) is 5.26 Å². The van der Waals surface area contributed by atoms with Crippen LogP contribution in [0.2, 0.25) is 0 Å². The molecule has 1 amide bonds. The monoisotopic (exact) mass is 532 g/mol. The third-order valence-electron chi connectivity index (χ3n) is 6.83. The molecule has 0 bridgehead atoms. The fraction of sp³-hybridized carbons (Fsp3) is 0.172. The van der Waals surface area contributed by atoms with Crippen LogP contribution in [0.25, 0.3) is 22.4 Å². The average Bonchev–Trinajstić information content (AvgIpc) is 3.48. The Hall–Kier alpha value is -5.50. The molecule has 5 aromatic rings. The van der Waals surface area contributed by atoms with E-state index < -0.39 is 0 Å². The van der Waals surface area contributed by atoms with E-state index in [0.29, 0.717) is 47.0 Å². The van der Waals surface area contributed by atoms with E-state index in [1.807, 2.05) is 48.5 Å². The number of carbonyl (C=O) groups excluding carboxylic acids is 1. The molecule has 198 valence electrons. The fourth-order valence-electron chi connectivity index (χ4n) is 4.71. The molecule has 1 unspecified atom stereocenters. The second-order valence-corrected chi connectivity index (χ2v) is 9.51. The summed E-state index contributed by atoms with van der Waals surface area (Å²) in [6, 6.07) is 18.5. The number of hydrogen-bond acceptors (Lipinski definition) is 9. The van der Waals surface area contributed by atoms with E-state index in [2.05, 4.69) is 25.6 Å². The highest BCUT2D eigenvalue weighted by molar-refractivity contribution is 5.83. The lowest BCUT2D eigenvalue weighted by atomic mass is 10.0. The number of aryl methyl sites for hydroxylation is 1. The van der Waals surface area contributed by atoms with E-state index in [1.165, 1.54) is 10.9 Å². The first-order valence-corrected chi connectivity index (χ1v) is 12.7. The summed E-state index contributed by atoms with van der Waals surface area (Å²) in [5.41, 5.74) is 9.14. The Labute approximate surface area is 228 Å². The average molecular weight is 533 g/mol. The number of nitrogens with one attached hydrogen (secondary N) is 2. The Morgan fingerprint density at radius 1 is 1.20 bits per heavy atom. The molecule has 4 heterocycles. The van der Waals surface area contributed by atoms with Gasteiger partial charge in [0.25, 0.3) is 5.56 Å². The lowest BCUT2D eigenvalue weighted by molar-refractivity contribution is -0.121. The van der Waals surface area contributed by atoms with E-state index in [1.54, 1.807) is 18.3 Å². The van der Waals surface area contributed by atoms with Gasteiger partial charge < -0.3 is 20.8 Å². The predicted octanol–water partition coefficient (Wildman–Crippen LogP) is 3.32. The largest absolute Gasteiger partial charge is 0.439 e. The number of oxazole rings is 1. The minimum Gasteiger partial charge on any atom is -0.439 e. The van der Waals surface area contributed by atoms with E-state index >= 15 is 0 Å². The number of nitrogens with zero attached hydrogens (tertiary/aromatic N) is 5. The molecule has 11 nitrogen and oxygen atoms in total. The van der Waals surface area contributed by atoms with E-state index in [4.69, 9.17) is 15.4 Å². The zero-order valence-electron chi connectivity index (χ0n) is 21.3. The molecule has 6 rings (SSSR count). The van der Waals surface area contributed by atoms with E-state index in [9.17, 15) is 9.59 Å². The summed E-state index contributed by atoms with van der Waals surface area (Å²) in [7, 11) is 0. The molecule has 40 heavy (non-hydrogen) atoms. The van der Waals surface area contributed by atoms with Crippen molar-refractivity contribution in [3.05, 3.63) is 100 Å². The molecule has 0 spiro atoms. The van der Waals surface area contributed by atoms with Gasteiger partial charge in [-0.25, -0.2) is 15.0 Å². The van der Waals surface area contributed by atoms with E-state index in [0.717, 1.165) is 16.5 Å². The molecule has 0 fully saturated rings. The topological polar surface area (TPSA) is 165 Å². The highest BCUT2D eigenvalue weighted by Crippen LogP contribution is 2.31. The molecule has 0 saturated carbocycles. The number of aromatic nitrogens is 4. The lowest BCUT2D eigenvalue weighted by Gasteiger charge is -2.24. The van der Waals surface area contributed by atoms with Crippen molar-refractivity contribution in [1.29, 1.82) is 5.26 Å². The van der Waals surface area contributed by atoms with Gasteiger partial charge in [0.1, 0.15) is 29.9 Å². The Morgan fingerprint density at radius 3 is 2.88 bits per heavy atom. The zero-order chi connectivity index (χ0) is 27.6. The third kappa shape index (κ3) is 4.86. The molecule has 1 atom stereocenters. The second kappa shape index (κ2) is 10.3. The Kier molecular flexibility index (Phi) is 6.41. The minimum absolute atomic E-state index is 0.159. The van der Waals surface area contributed by atoms with Gasteiger partial charge in [0.15, 0.2) is 0 Å². The van der Waals surface area contributed by atoms with Crippen molar-refractivity contribution in [3.63, 3.8) is 0 Å². The quantitative estimate of drug-likeness (QED) is 0.297. The lowest BCUT2D eigenvalue weighted by Crippen LogP contribution is -2.35. The van der Waals surface area contributed by atoms with Crippen LogP contribution in [0.1, 0.15) is 35.0 Å². The van der Waals surface area contributed by atoms with Gasteiger partial charge in [-0.15, -0.1) is 0 Å². The van der Waals surface area contributed by atoms with Crippen molar-refractivity contribution >= 4 is 28.3 Å². The summed E-state index contributed by atoms with van der Waals surface area (Å²) >= 11 is 0. The third-order valence-corrected chi connectivity index (χ3v) is 6.83. The van der Waals surface area contributed by atoms with Gasteiger partial charge in [0.2, 0.25) is 11.8 Å². The van der Waals surface area contributed by atoms with Crippen LogP contribution < -0.4 is 21.9 Å². The minimum atomic E-state index is -0.341.